The lowest BCUT2D eigenvalue weighted by Crippen LogP contribution is -2.21. The summed E-state index contributed by atoms with van der Waals surface area (Å²) in [6.07, 6.45) is 0.838. The van der Waals surface area contributed by atoms with E-state index in [2.05, 4.69) is 9.62 Å². The highest BCUT2D eigenvalue weighted by Crippen LogP contribution is 2.39. The van der Waals surface area contributed by atoms with Gasteiger partial charge in [-0.15, -0.1) is 0 Å². The number of carbonyl (C=O) groups excluding carboxylic acids is 1. The number of methoxy groups -OCH3 is 2. The molecule has 0 radical (unpaired) electrons. The van der Waals surface area contributed by atoms with Gasteiger partial charge in [-0.2, -0.15) is 0 Å². The number of benzene rings is 3. The summed E-state index contributed by atoms with van der Waals surface area (Å²) in [5.41, 5.74) is 1.81. The Balaban J connectivity index is 1.72. The summed E-state index contributed by atoms with van der Waals surface area (Å²) in [7, 11) is 0.830. The maximum absolute atomic E-state index is 13.7. The molecule has 0 bridgehead atoms. The van der Waals surface area contributed by atoms with Crippen molar-refractivity contribution in [2.45, 2.75) is 24.3 Å². The smallest absolute Gasteiger partial charge is 0.262 e. The van der Waals surface area contributed by atoms with Crippen molar-refractivity contribution in [3.63, 3.8) is 0 Å². The quantitative estimate of drug-likeness (QED) is 0.374. The number of ketones is 1. The number of halogens is 1. The van der Waals surface area contributed by atoms with E-state index in [4.69, 9.17) is 25.8 Å². The summed E-state index contributed by atoms with van der Waals surface area (Å²) < 4.78 is 46.8. The lowest BCUT2D eigenvalue weighted by atomic mass is 10.0. The minimum absolute atomic E-state index is 0.0180. The molecule has 0 amide bonds. The molecule has 1 fully saturated rings. The van der Waals surface area contributed by atoms with E-state index in [0.29, 0.717) is 38.9 Å². The Morgan fingerprint density at radius 1 is 1.00 bits per heavy atom. The number of sulfonamides is 1. The van der Waals surface area contributed by atoms with Gasteiger partial charge in [-0.1, -0.05) is 35.9 Å². The molecule has 0 aliphatic carbocycles. The number of rotatable bonds is 9. The van der Waals surface area contributed by atoms with Crippen LogP contribution in [0.1, 0.15) is 23.7 Å². The zero-order valence-corrected chi connectivity index (χ0v) is 22.7. The van der Waals surface area contributed by atoms with Crippen molar-refractivity contribution in [2.75, 3.05) is 39.1 Å². The summed E-state index contributed by atoms with van der Waals surface area (Å²) in [6.45, 7) is 3.16. The number of likely N-dealkylation sites (N-methyl/N-ethyl adjacent to an activating group) is 1. The molecule has 1 N–H and O–H groups in total. The van der Waals surface area contributed by atoms with Gasteiger partial charge in [0.1, 0.15) is 11.9 Å². The first-order chi connectivity index (χ1) is 17.6. The van der Waals surface area contributed by atoms with Gasteiger partial charge in [0.05, 0.1) is 29.8 Å². The minimum atomic E-state index is -4.10. The number of likely N-dealkylation sites (tertiary alicyclic amines) is 1. The van der Waals surface area contributed by atoms with Crippen LogP contribution in [-0.4, -0.2) is 59.6 Å². The molecule has 196 valence electrons. The number of anilines is 1. The third-order valence-electron chi connectivity index (χ3n) is 6.20. The third kappa shape index (κ3) is 6.01. The van der Waals surface area contributed by atoms with E-state index in [1.165, 1.54) is 27.2 Å². The Morgan fingerprint density at radius 3 is 2.27 bits per heavy atom. The topological polar surface area (TPSA) is 94.2 Å². The van der Waals surface area contributed by atoms with Crippen molar-refractivity contribution in [3.8, 4) is 28.4 Å². The maximum Gasteiger partial charge on any atom is 0.262 e. The van der Waals surface area contributed by atoms with Gasteiger partial charge in [-0.05, 0) is 44.2 Å². The Labute approximate surface area is 222 Å². The van der Waals surface area contributed by atoms with E-state index in [9.17, 15) is 13.2 Å². The Kier molecular flexibility index (Phi) is 7.96. The van der Waals surface area contributed by atoms with E-state index >= 15 is 0 Å². The summed E-state index contributed by atoms with van der Waals surface area (Å²) >= 11 is 6.34. The lowest BCUT2D eigenvalue weighted by Gasteiger charge is -2.18. The van der Waals surface area contributed by atoms with Crippen LogP contribution in [0.2, 0.25) is 5.02 Å². The van der Waals surface area contributed by atoms with Gasteiger partial charge in [-0.3, -0.25) is 9.52 Å². The third-order valence-corrected chi connectivity index (χ3v) is 7.94. The first-order valence-electron chi connectivity index (χ1n) is 11.7. The van der Waals surface area contributed by atoms with Crippen molar-refractivity contribution >= 4 is 33.1 Å². The summed E-state index contributed by atoms with van der Waals surface area (Å²) in [5, 5.41) is 0.398. The molecule has 8 nitrogen and oxygen atoms in total. The average molecular weight is 545 g/mol. The molecule has 1 atom stereocenters. The van der Waals surface area contributed by atoms with Crippen molar-refractivity contribution in [3.05, 3.63) is 65.2 Å². The number of Topliss-reactive ketones (excluding diaryl/α,β-unsaturated/α-hetero) is 1. The van der Waals surface area contributed by atoms with Crippen LogP contribution in [0.4, 0.5) is 5.69 Å². The monoisotopic (exact) mass is 544 g/mol. The molecule has 3 aromatic rings. The lowest BCUT2D eigenvalue weighted by molar-refractivity contribution is 0.101. The molecule has 10 heteroatoms. The van der Waals surface area contributed by atoms with Gasteiger partial charge in [0.15, 0.2) is 17.3 Å². The molecule has 1 saturated heterocycles. The van der Waals surface area contributed by atoms with Gasteiger partial charge in [0, 0.05) is 36.3 Å². The van der Waals surface area contributed by atoms with Crippen molar-refractivity contribution < 1.29 is 27.4 Å². The highest BCUT2D eigenvalue weighted by atomic mass is 35.5. The van der Waals surface area contributed by atoms with Crippen LogP contribution < -0.4 is 18.9 Å². The van der Waals surface area contributed by atoms with E-state index < -0.39 is 10.0 Å². The van der Waals surface area contributed by atoms with Gasteiger partial charge in [0.2, 0.25) is 0 Å². The van der Waals surface area contributed by atoms with Crippen LogP contribution in [0.25, 0.3) is 11.1 Å². The molecular formula is C27H29ClN2O6S. The Bertz CT molecular complexity index is 1410. The molecule has 0 aromatic heterocycles. The highest BCUT2D eigenvalue weighted by molar-refractivity contribution is 7.92. The van der Waals surface area contributed by atoms with Crippen LogP contribution in [0.5, 0.6) is 17.2 Å². The normalized spacial score (nSPS) is 15.9. The fourth-order valence-corrected chi connectivity index (χ4v) is 5.67. The summed E-state index contributed by atoms with van der Waals surface area (Å²) in [4.78, 5) is 13.9. The van der Waals surface area contributed by atoms with Crippen molar-refractivity contribution in [2.24, 2.45) is 0 Å². The van der Waals surface area contributed by atoms with Gasteiger partial charge < -0.3 is 19.1 Å². The van der Waals surface area contributed by atoms with Gasteiger partial charge in [-0.25, -0.2) is 8.42 Å². The maximum atomic E-state index is 13.7. The van der Waals surface area contributed by atoms with Crippen LogP contribution >= 0.6 is 11.6 Å². The average Bonchev–Trinajstić information content (AvgIpc) is 3.29. The van der Waals surface area contributed by atoms with E-state index in [1.807, 2.05) is 7.05 Å². The fourth-order valence-electron chi connectivity index (χ4n) is 4.23. The minimum Gasteiger partial charge on any atom is -0.493 e. The zero-order chi connectivity index (χ0) is 26.7. The Hall–Kier alpha value is -3.27. The standard InChI is InChI=1S/C27H29ClN2O6S/c1-17(31)18-5-7-19(8-6-18)22-14-25(34-3)26(35-4)15-27(22)37(32,33)29-20-9-10-23(28)24(13-20)36-21-11-12-30(2)16-21/h5-10,13-15,21,29H,11-12,16H2,1-4H3/t21-/m1/s1. The SMILES string of the molecule is COc1cc(-c2ccc(C(C)=O)cc2)c(S(=O)(=O)Nc2ccc(Cl)c(O[C@@H]3CCN(C)C3)c2)cc1OC. The number of nitrogens with zero attached hydrogens (tertiary/aromatic N) is 1. The van der Waals surface area contributed by atoms with E-state index in [1.54, 1.807) is 48.5 Å². The molecule has 1 aliphatic rings. The molecule has 0 spiro atoms. The summed E-state index contributed by atoms with van der Waals surface area (Å²) in [6, 6.07) is 14.5. The fraction of sp³-hybridized carbons (Fsp3) is 0.296. The van der Waals surface area contributed by atoms with Crippen LogP contribution in [0.15, 0.2) is 59.5 Å². The number of carbonyl (C=O) groups is 1. The predicted octanol–water partition coefficient (Wildman–Crippen LogP) is 5.11. The molecule has 0 unspecified atom stereocenters. The number of nitrogens with one attached hydrogen (secondary N) is 1. The molecule has 1 aliphatic heterocycles. The second-order valence-electron chi connectivity index (χ2n) is 8.88. The highest BCUT2D eigenvalue weighted by Gasteiger charge is 2.25. The van der Waals surface area contributed by atoms with Crippen LogP contribution in [0, 0.1) is 0 Å². The number of hydrogen-bond acceptors (Lipinski definition) is 7. The van der Waals surface area contributed by atoms with Gasteiger partial charge in [0.25, 0.3) is 10.0 Å². The van der Waals surface area contributed by atoms with Gasteiger partial charge >= 0.3 is 0 Å². The molecule has 3 aromatic carbocycles. The first-order valence-corrected chi connectivity index (χ1v) is 13.5. The van der Waals surface area contributed by atoms with Crippen LogP contribution in [-0.2, 0) is 10.0 Å². The van der Waals surface area contributed by atoms with Crippen molar-refractivity contribution in [1.29, 1.82) is 0 Å². The second kappa shape index (κ2) is 11.0. The molecular weight excluding hydrogens is 516 g/mol. The molecule has 37 heavy (non-hydrogen) atoms. The molecule has 1 heterocycles. The summed E-state index contributed by atoms with van der Waals surface area (Å²) in [5.74, 6) is 0.959. The largest absolute Gasteiger partial charge is 0.493 e. The van der Waals surface area contributed by atoms with E-state index in [0.717, 1.165) is 19.5 Å². The predicted molar refractivity (Wildman–Crippen MR) is 144 cm³/mol. The number of ether oxygens (including phenoxy) is 3. The zero-order valence-electron chi connectivity index (χ0n) is 21.1. The van der Waals surface area contributed by atoms with Crippen LogP contribution in [0.3, 0.4) is 0 Å². The second-order valence-corrected chi connectivity index (χ2v) is 10.9. The Morgan fingerprint density at radius 2 is 1.68 bits per heavy atom. The molecule has 0 saturated carbocycles. The first kappa shape index (κ1) is 26.8. The van der Waals surface area contributed by atoms with E-state index in [-0.39, 0.29) is 22.5 Å². The molecule has 4 rings (SSSR count). The number of hydrogen-bond donors (Lipinski definition) is 1. The van der Waals surface area contributed by atoms with Crippen molar-refractivity contribution in [1.82, 2.24) is 4.90 Å².